The highest BCUT2D eigenvalue weighted by Crippen LogP contribution is 2.86. The monoisotopic (exact) mass is 500 g/mol. The van der Waals surface area contributed by atoms with Crippen LogP contribution < -0.4 is 0 Å². The topological polar surface area (TPSA) is 43.4 Å². The minimum Gasteiger partial charge on any atom is -0.428 e. The van der Waals surface area contributed by atoms with E-state index in [0.717, 1.165) is 50.7 Å². The van der Waals surface area contributed by atoms with Crippen LogP contribution in [0.5, 0.6) is 0 Å². The predicted molar refractivity (Wildman–Crippen MR) is 133 cm³/mol. The van der Waals surface area contributed by atoms with Gasteiger partial charge in [-0.05, 0) is 92.2 Å². The number of carbonyl (C=O) groups excluding carboxylic acids is 2. The Morgan fingerprint density at radius 3 is 2.44 bits per heavy atom. The van der Waals surface area contributed by atoms with Gasteiger partial charge in [-0.2, -0.15) is 0 Å². The zero-order valence-corrected chi connectivity index (χ0v) is 21.8. The van der Waals surface area contributed by atoms with Gasteiger partial charge in [0.05, 0.1) is 5.56 Å². The van der Waals surface area contributed by atoms with E-state index in [9.17, 15) is 9.59 Å². The summed E-state index contributed by atoms with van der Waals surface area (Å²) >= 11 is 14.3. The number of allylic oxidation sites excluding steroid dienone is 2. The molecule has 0 saturated heterocycles. The Balaban J connectivity index is 1.32. The summed E-state index contributed by atoms with van der Waals surface area (Å²) in [4.78, 5) is 25.2. The molecule has 0 bridgehead atoms. The molecule has 182 valence electrons. The second-order valence-corrected chi connectivity index (χ2v) is 13.6. The minimum atomic E-state index is -0.834. The molecule has 1 aromatic rings. The third-order valence-electron chi connectivity index (χ3n) is 11.2. The largest absolute Gasteiger partial charge is 0.428 e. The van der Waals surface area contributed by atoms with E-state index >= 15 is 0 Å². The number of Topliss-reactive ketones (excluding diaryl/α,β-unsaturated/α-hetero) is 1. The van der Waals surface area contributed by atoms with Crippen LogP contribution in [0.1, 0.15) is 76.1 Å². The minimum absolute atomic E-state index is 0.0254. The fourth-order valence-electron chi connectivity index (χ4n) is 9.56. The number of hydrogen-bond acceptors (Lipinski definition) is 3. The number of halogens is 2. The smallest absolute Gasteiger partial charge is 0.343 e. The molecule has 0 radical (unpaired) electrons. The lowest BCUT2D eigenvalue weighted by molar-refractivity contribution is -0.131. The second kappa shape index (κ2) is 7.35. The first-order chi connectivity index (χ1) is 16.1. The van der Waals surface area contributed by atoms with Crippen molar-refractivity contribution in [3.8, 4) is 0 Å². The number of ketones is 1. The zero-order chi connectivity index (χ0) is 24.1. The summed E-state index contributed by atoms with van der Waals surface area (Å²) in [6.07, 6.45) is 9.23. The number of benzene rings is 1. The number of ether oxygens (including phenoxy) is 1. The van der Waals surface area contributed by atoms with Gasteiger partial charge in [-0.25, -0.2) is 4.79 Å². The quantitative estimate of drug-likeness (QED) is 0.321. The summed E-state index contributed by atoms with van der Waals surface area (Å²) in [6.45, 7) is 6.56. The lowest BCUT2D eigenvalue weighted by Gasteiger charge is -2.59. The first kappa shape index (κ1) is 23.1. The number of hydrogen-bond donors (Lipinski definition) is 0. The Hall–Kier alpha value is -1.32. The number of rotatable bonds is 3. The molecule has 0 aromatic heterocycles. The lowest BCUT2D eigenvalue weighted by Crippen LogP contribution is -2.54. The fourth-order valence-corrected chi connectivity index (χ4v) is 10.8. The highest BCUT2D eigenvalue weighted by atomic mass is 35.5. The third kappa shape index (κ3) is 2.78. The molecule has 0 amide bonds. The van der Waals surface area contributed by atoms with Crippen molar-refractivity contribution in [3.05, 3.63) is 47.7 Å². The maximum Gasteiger partial charge on any atom is 0.343 e. The lowest BCUT2D eigenvalue weighted by atomic mass is 9.45. The van der Waals surface area contributed by atoms with Crippen LogP contribution in [0.15, 0.2) is 42.2 Å². The highest BCUT2D eigenvalue weighted by molar-refractivity contribution is 6.52. The molecule has 0 aliphatic heterocycles. The van der Waals surface area contributed by atoms with Gasteiger partial charge < -0.3 is 4.74 Å². The number of fused-ring (bicyclic) bond motifs is 4. The van der Waals surface area contributed by atoms with Crippen LogP contribution in [0.4, 0.5) is 0 Å². The third-order valence-corrected chi connectivity index (χ3v) is 12.3. The summed E-state index contributed by atoms with van der Waals surface area (Å²) in [7, 11) is 0. The van der Waals surface area contributed by atoms with Gasteiger partial charge >= 0.3 is 5.97 Å². The van der Waals surface area contributed by atoms with Crippen molar-refractivity contribution in [2.45, 2.75) is 70.1 Å². The molecule has 1 aromatic carbocycles. The molecule has 34 heavy (non-hydrogen) atoms. The van der Waals surface area contributed by atoms with E-state index in [2.05, 4.69) is 19.9 Å². The normalized spacial score (nSPS) is 45.7. The summed E-state index contributed by atoms with van der Waals surface area (Å²) in [5.41, 5.74) is 0.297. The van der Waals surface area contributed by atoms with Crippen LogP contribution in [0.2, 0.25) is 0 Å². The molecular formula is C29H34Cl2O3. The Kier molecular flexibility index (Phi) is 5.00. The summed E-state index contributed by atoms with van der Waals surface area (Å²) in [5, 5.41) is 0. The molecule has 8 atom stereocenters. The maximum atomic E-state index is 12.7. The number of alkyl halides is 2. The molecule has 0 N–H and O–H groups in total. The van der Waals surface area contributed by atoms with Gasteiger partial charge in [-0.15, -0.1) is 23.2 Å². The summed E-state index contributed by atoms with van der Waals surface area (Å²) < 4.78 is 5.05. The molecule has 3 nitrogen and oxygen atoms in total. The first-order valence-corrected chi connectivity index (χ1v) is 13.7. The number of carbonyl (C=O) groups is 2. The van der Waals surface area contributed by atoms with E-state index in [0.29, 0.717) is 29.1 Å². The second-order valence-electron chi connectivity index (χ2n) is 12.2. The van der Waals surface area contributed by atoms with Crippen LogP contribution >= 0.6 is 23.2 Å². The highest BCUT2D eigenvalue weighted by Gasteiger charge is 2.85. The molecule has 0 unspecified atom stereocenters. The van der Waals surface area contributed by atoms with Crippen molar-refractivity contribution in [2.75, 3.05) is 0 Å². The van der Waals surface area contributed by atoms with Crippen LogP contribution in [-0.4, -0.2) is 16.1 Å². The Bertz CT molecular complexity index is 1080. The van der Waals surface area contributed by atoms with Crippen molar-refractivity contribution in [1.82, 2.24) is 0 Å². The maximum absolute atomic E-state index is 12.7. The molecule has 5 aliphatic rings. The molecular weight excluding hydrogens is 467 g/mol. The van der Waals surface area contributed by atoms with Crippen LogP contribution in [0.3, 0.4) is 0 Å². The van der Waals surface area contributed by atoms with Gasteiger partial charge in [0, 0.05) is 23.7 Å². The Morgan fingerprint density at radius 1 is 1.00 bits per heavy atom. The summed E-state index contributed by atoms with van der Waals surface area (Å²) in [5.74, 6) is 2.80. The van der Waals surface area contributed by atoms with Crippen molar-refractivity contribution < 1.29 is 14.3 Å². The molecule has 5 aliphatic carbocycles. The molecule has 1 spiro atoms. The van der Waals surface area contributed by atoms with Gasteiger partial charge in [-0.3, -0.25) is 4.79 Å². The first-order valence-electron chi connectivity index (χ1n) is 12.9. The van der Waals surface area contributed by atoms with Gasteiger partial charge in [0.15, 0.2) is 0 Å². The van der Waals surface area contributed by atoms with Crippen molar-refractivity contribution >= 4 is 35.0 Å². The average molecular weight is 501 g/mol. The van der Waals surface area contributed by atoms with E-state index in [1.807, 2.05) is 18.2 Å². The van der Waals surface area contributed by atoms with E-state index < -0.39 is 4.33 Å². The van der Waals surface area contributed by atoms with E-state index in [1.165, 1.54) is 0 Å². The Labute approximate surface area is 212 Å². The van der Waals surface area contributed by atoms with Crippen molar-refractivity contribution in [2.24, 2.45) is 45.8 Å². The van der Waals surface area contributed by atoms with Crippen LogP contribution in [0, 0.1) is 45.8 Å². The molecule has 5 heteroatoms. The standard InChI is InChI=1S/C29H34Cl2O3/c1-17(32)21-9-10-22-20-15-24-28(29(24,30)31)16-19(34-25(33)18-7-5-4-6-8-18)11-14-27(28,3)23(20)12-13-26(21,22)2/h4-8,16,20-24H,9-15H2,1-3H3/t20-,21+,22-,23-,24+,26+,27+,28+/m0/s1. The average Bonchev–Trinajstić information content (AvgIpc) is 3.08. The van der Waals surface area contributed by atoms with Gasteiger partial charge in [0.1, 0.15) is 15.9 Å². The van der Waals surface area contributed by atoms with Crippen molar-refractivity contribution in [1.29, 1.82) is 0 Å². The molecule has 0 heterocycles. The van der Waals surface area contributed by atoms with E-state index in [1.54, 1.807) is 19.1 Å². The van der Waals surface area contributed by atoms with Gasteiger partial charge in [-0.1, -0.05) is 32.0 Å². The summed E-state index contributed by atoms with van der Waals surface area (Å²) in [6, 6.07) is 9.14. The Morgan fingerprint density at radius 2 is 1.74 bits per heavy atom. The van der Waals surface area contributed by atoms with E-state index in [-0.39, 0.29) is 34.1 Å². The fraction of sp³-hybridized carbons (Fsp3) is 0.655. The molecule has 6 rings (SSSR count). The van der Waals surface area contributed by atoms with Crippen LogP contribution in [0.25, 0.3) is 0 Å². The SMILES string of the molecule is CC(=O)[C@H]1CC[C@H]2[C@@H]3C[C@H]4C(Cl)(Cl)[C@]45C=C(OC(=O)c4ccccc4)CC[C@]5(C)[C@H]3CC[C@]12C. The zero-order valence-electron chi connectivity index (χ0n) is 20.3. The molecule has 4 saturated carbocycles. The van der Waals surface area contributed by atoms with Gasteiger partial charge in [0.2, 0.25) is 0 Å². The predicted octanol–water partition coefficient (Wildman–Crippen LogP) is 7.37. The van der Waals surface area contributed by atoms with E-state index in [4.69, 9.17) is 27.9 Å². The van der Waals surface area contributed by atoms with Crippen molar-refractivity contribution in [3.63, 3.8) is 0 Å². The van der Waals surface area contributed by atoms with Crippen LogP contribution in [-0.2, 0) is 9.53 Å². The number of esters is 1. The molecule has 4 fully saturated rings. The van der Waals surface area contributed by atoms with Gasteiger partial charge in [0.25, 0.3) is 0 Å².